The van der Waals surface area contributed by atoms with Gasteiger partial charge in [0.15, 0.2) is 5.88 Å². The van der Waals surface area contributed by atoms with Crippen molar-refractivity contribution in [3.63, 3.8) is 0 Å². The first-order valence-electron chi connectivity index (χ1n) is 10.8. The lowest BCUT2D eigenvalue weighted by Crippen LogP contribution is -2.49. The third-order valence-corrected chi connectivity index (χ3v) is 5.92. The summed E-state index contributed by atoms with van der Waals surface area (Å²) in [7, 11) is 1.54. The zero-order valence-corrected chi connectivity index (χ0v) is 18.5. The van der Waals surface area contributed by atoms with E-state index in [1.54, 1.807) is 37.7 Å². The quantitative estimate of drug-likeness (QED) is 0.395. The van der Waals surface area contributed by atoms with Crippen molar-refractivity contribution < 1.29 is 24.2 Å². The summed E-state index contributed by atoms with van der Waals surface area (Å²) < 4.78 is 12.1. The number of urea groups is 1. The summed E-state index contributed by atoms with van der Waals surface area (Å²) in [6.07, 6.45) is 3.33. The van der Waals surface area contributed by atoms with Crippen LogP contribution in [0.4, 0.5) is 10.6 Å². The van der Waals surface area contributed by atoms with E-state index in [-0.39, 0.29) is 12.4 Å². The first kappa shape index (κ1) is 21.6. The second-order valence-electron chi connectivity index (χ2n) is 8.10. The fraction of sp³-hybridized carbons (Fsp3) is 0.292. The van der Waals surface area contributed by atoms with Crippen LogP contribution in [0.25, 0.3) is 10.8 Å². The van der Waals surface area contributed by atoms with E-state index in [0.717, 1.165) is 24.3 Å². The minimum absolute atomic E-state index is 0.0550. The zero-order valence-electron chi connectivity index (χ0n) is 18.5. The van der Waals surface area contributed by atoms with Crippen molar-refractivity contribution in [1.82, 2.24) is 20.2 Å². The first-order chi connectivity index (χ1) is 16.5. The third-order valence-electron chi connectivity index (χ3n) is 5.92. The highest BCUT2D eigenvalue weighted by Crippen LogP contribution is 2.32. The van der Waals surface area contributed by atoms with Crippen LogP contribution in [-0.2, 0) is 16.1 Å². The molecule has 0 saturated carbocycles. The van der Waals surface area contributed by atoms with Crippen LogP contribution < -0.4 is 20.3 Å². The predicted octanol–water partition coefficient (Wildman–Crippen LogP) is 1.22. The molecule has 0 bridgehead atoms. The molecular weight excluding hydrogens is 438 g/mol. The maximum absolute atomic E-state index is 12.8. The number of carbonyl (C=O) groups is 2. The van der Waals surface area contributed by atoms with Gasteiger partial charge in [0, 0.05) is 41.8 Å². The Morgan fingerprint density at radius 2 is 2.06 bits per heavy atom. The van der Waals surface area contributed by atoms with Crippen molar-refractivity contribution >= 4 is 28.5 Å². The molecule has 2 aliphatic heterocycles. The number of anilines is 1. The van der Waals surface area contributed by atoms with Crippen molar-refractivity contribution in [3.8, 4) is 23.5 Å². The highest BCUT2D eigenvalue weighted by molar-refractivity contribution is 6.09. The molecule has 0 radical (unpaired) electrons. The van der Waals surface area contributed by atoms with Gasteiger partial charge in [0.05, 0.1) is 26.9 Å². The lowest BCUT2D eigenvalue weighted by atomic mass is 10.00. The van der Waals surface area contributed by atoms with Crippen LogP contribution in [0.1, 0.15) is 5.56 Å². The van der Waals surface area contributed by atoms with E-state index in [4.69, 9.17) is 9.47 Å². The minimum Gasteiger partial charge on any atom is -0.497 e. The van der Waals surface area contributed by atoms with Gasteiger partial charge in [-0.25, -0.2) is 9.78 Å². The number of nitrogens with one attached hydrogen (secondary N) is 2. The number of hydrogen-bond donors (Lipinski definition) is 3. The molecule has 5 rings (SSSR count). The number of methoxy groups -OCH3 is 1. The van der Waals surface area contributed by atoms with Gasteiger partial charge in [-0.15, -0.1) is 0 Å². The molecule has 34 heavy (non-hydrogen) atoms. The Morgan fingerprint density at radius 1 is 1.24 bits per heavy atom. The Balaban J connectivity index is 1.45. The summed E-state index contributed by atoms with van der Waals surface area (Å²) in [5, 5.41) is 17.0. The van der Waals surface area contributed by atoms with Crippen molar-refractivity contribution in [2.24, 2.45) is 0 Å². The number of nitrogens with zero attached hydrogens (tertiary/aromatic N) is 3. The molecule has 3 aromatic rings. The van der Waals surface area contributed by atoms with Gasteiger partial charge >= 0.3 is 6.03 Å². The van der Waals surface area contributed by atoms with E-state index in [9.17, 15) is 14.7 Å². The Hall–Kier alpha value is -4.23. The van der Waals surface area contributed by atoms with Crippen molar-refractivity contribution in [3.05, 3.63) is 48.3 Å². The van der Waals surface area contributed by atoms with E-state index in [1.165, 1.54) is 4.57 Å². The molecule has 10 nitrogen and oxygen atoms in total. The third kappa shape index (κ3) is 3.97. The van der Waals surface area contributed by atoms with E-state index >= 15 is 0 Å². The number of aromatic hydroxyl groups is 1. The molecule has 2 saturated heterocycles. The molecule has 2 aromatic heterocycles. The molecule has 0 aliphatic carbocycles. The smallest absolute Gasteiger partial charge is 0.323 e. The molecular formula is C24H23N5O5. The summed E-state index contributed by atoms with van der Waals surface area (Å²) in [5.41, 5.74) is -0.965. The number of morpholine rings is 1. The highest BCUT2D eigenvalue weighted by atomic mass is 16.5. The Kier molecular flexibility index (Phi) is 5.47. The van der Waals surface area contributed by atoms with Gasteiger partial charge in [0.2, 0.25) is 5.54 Å². The number of amides is 3. The van der Waals surface area contributed by atoms with E-state index in [1.807, 2.05) is 12.1 Å². The average Bonchev–Trinajstić information content (AvgIpc) is 3.32. The number of rotatable bonds is 4. The van der Waals surface area contributed by atoms with Crippen LogP contribution in [0, 0.1) is 11.8 Å². The molecule has 2 aliphatic rings. The maximum Gasteiger partial charge on any atom is 0.323 e. The predicted molar refractivity (Wildman–Crippen MR) is 124 cm³/mol. The van der Waals surface area contributed by atoms with Crippen LogP contribution in [0.2, 0.25) is 0 Å². The number of benzene rings is 1. The molecule has 174 valence electrons. The van der Waals surface area contributed by atoms with E-state index in [0.29, 0.717) is 29.9 Å². The van der Waals surface area contributed by atoms with Gasteiger partial charge in [-0.05, 0) is 30.3 Å². The van der Waals surface area contributed by atoms with Crippen LogP contribution in [0.5, 0.6) is 11.6 Å². The summed E-state index contributed by atoms with van der Waals surface area (Å²) in [6, 6.07) is 8.33. The minimum atomic E-state index is -1.56. The second-order valence-corrected chi connectivity index (χ2v) is 8.10. The Morgan fingerprint density at radius 3 is 2.74 bits per heavy atom. The van der Waals surface area contributed by atoms with Crippen LogP contribution in [0.15, 0.2) is 42.7 Å². The highest BCUT2D eigenvalue weighted by Gasteiger charge is 2.46. The SMILES string of the molecule is COc1ccc2cn(C[C@@]3(C#Cc4ccc(N5CCOCC5)nc4)NC(=O)NC3=O)c(O)c2c1. The van der Waals surface area contributed by atoms with Gasteiger partial charge in [-0.3, -0.25) is 10.1 Å². The molecule has 10 heteroatoms. The largest absolute Gasteiger partial charge is 0.497 e. The number of pyridine rings is 1. The van der Waals surface area contributed by atoms with Gasteiger partial charge in [0.1, 0.15) is 11.6 Å². The monoisotopic (exact) mass is 461 g/mol. The normalized spacial score (nSPS) is 20.0. The molecule has 2 fully saturated rings. The molecule has 1 atom stereocenters. The molecule has 3 amide bonds. The van der Waals surface area contributed by atoms with Gasteiger partial charge in [0.25, 0.3) is 5.91 Å². The number of imide groups is 1. The van der Waals surface area contributed by atoms with Gasteiger partial charge < -0.3 is 29.4 Å². The van der Waals surface area contributed by atoms with Crippen LogP contribution in [0.3, 0.4) is 0 Å². The van der Waals surface area contributed by atoms with Gasteiger partial charge in [-0.1, -0.05) is 11.8 Å². The van der Waals surface area contributed by atoms with Crippen LogP contribution >= 0.6 is 0 Å². The lowest BCUT2D eigenvalue weighted by Gasteiger charge is -2.27. The first-order valence-corrected chi connectivity index (χ1v) is 10.8. The molecule has 0 spiro atoms. The Labute approximate surface area is 195 Å². The van der Waals surface area contributed by atoms with Crippen LogP contribution in [-0.4, -0.2) is 65.5 Å². The molecule has 1 aromatic carbocycles. The average molecular weight is 461 g/mol. The Bertz CT molecular complexity index is 1320. The van der Waals surface area contributed by atoms with Gasteiger partial charge in [-0.2, -0.15) is 0 Å². The summed E-state index contributed by atoms with van der Waals surface area (Å²) in [6.45, 7) is 2.78. The number of aromatic nitrogens is 2. The number of ether oxygens (including phenoxy) is 2. The fourth-order valence-electron chi connectivity index (χ4n) is 4.08. The zero-order chi connectivity index (χ0) is 23.7. The number of carbonyl (C=O) groups excluding carboxylic acids is 2. The maximum atomic E-state index is 12.8. The number of hydrogen-bond acceptors (Lipinski definition) is 7. The summed E-state index contributed by atoms with van der Waals surface area (Å²) >= 11 is 0. The molecule has 3 N–H and O–H groups in total. The van der Waals surface area contributed by atoms with E-state index < -0.39 is 17.5 Å². The van der Waals surface area contributed by atoms with E-state index in [2.05, 4.69) is 32.4 Å². The van der Waals surface area contributed by atoms with Crippen molar-refractivity contribution in [2.45, 2.75) is 12.1 Å². The molecule has 0 unspecified atom stereocenters. The second kappa shape index (κ2) is 8.61. The lowest BCUT2D eigenvalue weighted by molar-refractivity contribution is -0.122. The standard InChI is InChI=1S/C24H23N5O5/c1-33-18-4-3-17-14-29(21(30)19(17)12-18)15-24(22(31)26-23(32)27-24)7-6-16-2-5-20(25-13-16)28-8-10-34-11-9-28/h2-5,12-14,30H,8-11,15H2,1H3,(H2,26,27,31,32)/t24-/m1/s1. The molecule has 4 heterocycles. The van der Waals surface area contributed by atoms with Crippen molar-refractivity contribution in [2.75, 3.05) is 38.3 Å². The van der Waals surface area contributed by atoms with Crippen molar-refractivity contribution in [1.29, 1.82) is 0 Å². The fourth-order valence-corrected chi connectivity index (χ4v) is 4.08. The topological polar surface area (TPSA) is 118 Å². The number of fused-ring (bicyclic) bond motifs is 1. The summed E-state index contributed by atoms with van der Waals surface area (Å²) in [4.78, 5) is 31.4. The summed E-state index contributed by atoms with van der Waals surface area (Å²) in [5.74, 6) is 6.64.